The van der Waals surface area contributed by atoms with Crippen LogP contribution in [0.2, 0.25) is 0 Å². The average Bonchev–Trinajstić information content (AvgIpc) is 2.70. The Bertz CT molecular complexity index is 519. The predicted octanol–water partition coefficient (Wildman–Crippen LogP) is 3.09. The molecule has 0 aliphatic heterocycles. The second-order valence-electron chi connectivity index (χ2n) is 3.65. The third kappa shape index (κ3) is 2.77. The average molecular weight is 294 g/mol. The maximum atomic E-state index is 11.6. The van der Waals surface area contributed by atoms with Gasteiger partial charge in [0.05, 0.1) is 7.11 Å². The molecule has 0 aliphatic carbocycles. The lowest BCUT2D eigenvalue weighted by atomic mass is 10.2. The van der Waals surface area contributed by atoms with Crippen LogP contribution in [0.4, 0.5) is 0 Å². The summed E-state index contributed by atoms with van der Waals surface area (Å²) >= 11 is 3.37. The van der Waals surface area contributed by atoms with Crippen LogP contribution in [0.15, 0.2) is 47.1 Å². The maximum absolute atomic E-state index is 11.6. The summed E-state index contributed by atoms with van der Waals surface area (Å²) in [5.74, 6) is -0.327. The molecular weight excluding hydrogens is 282 g/mol. The van der Waals surface area contributed by atoms with Gasteiger partial charge in [-0.05, 0) is 27.6 Å². The number of esters is 1. The fourth-order valence-corrected chi connectivity index (χ4v) is 2.12. The first-order chi connectivity index (χ1) is 8.20. The second-order valence-corrected chi connectivity index (χ2v) is 4.56. The summed E-state index contributed by atoms with van der Waals surface area (Å²) < 4.78 is 7.48. The van der Waals surface area contributed by atoms with E-state index < -0.39 is 0 Å². The molecule has 0 spiro atoms. The molecule has 0 fully saturated rings. The molecule has 0 saturated heterocycles. The zero-order valence-electron chi connectivity index (χ0n) is 9.39. The van der Waals surface area contributed by atoms with Crippen LogP contribution in [0, 0.1) is 0 Å². The molecule has 0 aliphatic rings. The fraction of sp³-hybridized carbons (Fsp3) is 0.154. The number of methoxy groups -OCH3 is 1. The predicted molar refractivity (Wildman–Crippen MR) is 69.0 cm³/mol. The van der Waals surface area contributed by atoms with Gasteiger partial charge in [-0.2, -0.15) is 0 Å². The van der Waals surface area contributed by atoms with Gasteiger partial charge in [0, 0.05) is 17.2 Å². The molecule has 0 atom stereocenters. The molecule has 0 N–H and O–H groups in total. The summed E-state index contributed by atoms with van der Waals surface area (Å²) in [5, 5.41) is 0. The van der Waals surface area contributed by atoms with E-state index in [1.54, 1.807) is 6.07 Å². The lowest BCUT2D eigenvalue weighted by Crippen LogP contribution is -2.10. The first-order valence-corrected chi connectivity index (χ1v) is 5.98. The number of carbonyl (C=O) groups is 1. The van der Waals surface area contributed by atoms with E-state index in [4.69, 9.17) is 4.74 Å². The summed E-state index contributed by atoms with van der Waals surface area (Å²) in [6.07, 6.45) is 1.87. The third-order valence-corrected chi connectivity index (χ3v) is 2.89. The number of carbonyl (C=O) groups excluding carboxylic acids is 1. The van der Waals surface area contributed by atoms with Crippen LogP contribution in [0.1, 0.15) is 16.1 Å². The number of rotatable bonds is 3. The van der Waals surface area contributed by atoms with Crippen molar-refractivity contribution in [2.75, 3.05) is 7.11 Å². The normalized spacial score (nSPS) is 10.2. The highest BCUT2D eigenvalue weighted by Gasteiger charge is 2.13. The molecule has 4 heteroatoms. The molecule has 2 rings (SSSR count). The van der Waals surface area contributed by atoms with Gasteiger partial charge in [0.2, 0.25) is 0 Å². The van der Waals surface area contributed by atoms with Gasteiger partial charge >= 0.3 is 5.97 Å². The molecule has 88 valence electrons. The number of nitrogens with zero attached hydrogens (tertiary/aromatic N) is 1. The van der Waals surface area contributed by atoms with Crippen molar-refractivity contribution in [1.82, 2.24) is 4.57 Å². The van der Waals surface area contributed by atoms with E-state index in [1.807, 2.05) is 41.1 Å². The van der Waals surface area contributed by atoms with Crippen molar-refractivity contribution in [3.05, 3.63) is 58.3 Å². The Kier molecular flexibility index (Phi) is 3.64. The minimum Gasteiger partial charge on any atom is -0.464 e. The van der Waals surface area contributed by atoms with Gasteiger partial charge in [0.1, 0.15) is 5.69 Å². The van der Waals surface area contributed by atoms with Crippen LogP contribution in [0.3, 0.4) is 0 Å². The first kappa shape index (κ1) is 11.9. The Labute approximate surface area is 108 Å². The summed E-state index contributed by atoms with van der Waals surface area (Å²) in [6, 6.07) is 11.7. The zero-order chi connectivity index (χ0) is 12.3. The number of hydrogen-bond acceptors (Lipinski definition) is 2. The molecule has 1 aromatic carbocycles. The Hall–Kier alpha value is -1.55. The van der Waals surface area contributed by atoms with Crippen molar-refractivity contribution in [1.29, 1.82) is 0 Å². The van der Waals surface area contributed by atoms with Crippen molar-refractivity contribution in [3.8, 4) is 0 Å². The minimum atomic E-state index is -0.327. The van der Waals surface area contributed by atoms with E-state index in [1.165, 1.54) is 7.11 Å². The molecule has 3 nitrogen and oxygen atoms in total. The molecule has 0 radical (unpaired) electrons. The van der Waals surface area contributed by atoms with Gasteiger partial charge in [0.25, 0.3) is 0 Å². The Morgan fingerprint density at radius 1 is 1.35 bits per heavy atom. The molecule has 2 aromatic rings. The van der Waals surface area contributed by atoms with Crippen molar-refractivity contribution in [2.45, 2.75) is 6.54 Å². The highest BCUT2D eigenvalue weighted by atomic mass is 79.9. The lowest BCUT2D eigenvalue weighted by molar-refractivity contribution is 0.0589. The quantitative estimate of drug-likeness (QED) is 0.815. The first-order valence-electron chi connectivity index (χ1n) is 5.18. The largest absolute Gasteiger partial charge is 0.464 e. The number of aromatic nitrogens is 1. The van der Waals surface area contributed by atoms with Crippen LogP contribution in [0.25, 0.3) is 0 Å². The van der Waals surface area contributed by atoms with Crippen LogP contribution in [-0.2, 0) is 11.3 Å². The number of halogens is 1. The Morgan fingerprint density at radius 3 is 2.71 bits per heavy atom. The summed E-state index contributed by atoms with van der Waals surface area (Å²) in [4.78, 5) is 11.6. The van der Waals surface area contributed by atoms with E-state index in [-0.39, 0.29) is 5.97 Å². The topological polar surface area (TPSA) is 31.2 Å². The standard InChI is InChI=1S/C13H12BrNO2/c1-17-13(16)12-7-11(14)9-15(12)8-10-5-3-2-4-6-10/h2-7,9H,8H2,1H3. The van der Waals surface area contributed by atoms with Crippen LogP contribution >= 0.6 is 15.9 Å². The smallest absolute Gasteiger partial charge is 0.354 e. The third-order valence-electron chi connectivity index (χ3n) is 2.45. The molecular formula is C13H12BrNO2. The maximum Gasteiger partial charge on any atom is 0.354 e. The molecule has 17 heavy (non-hydrogen) atoms. The lowest BCUT2D eigenvalue weighted by Gasteiger charge is -2.07. The van der Waals surface area contributed by atoms with Gasteiger partial charge in [-0.25, -0.2) is 4.79 Å². The van der Waals surface area contributed by atoms with Gasteiger partial charge in [-0.15, -0.1) is 0 Å². The Morgan fingerprint density at radius 2 is 2.06 bits per heavy atom. The molecule has 0 amide bonds. The number of hydrogen-bond donors (Lipinski definition) is 0. The van der Waals surface area contributed by atoms with Crippen LogP contribution < -0.4 is 0 Å². The summed E-state index contributed by atoms with van der Waals surface area (Å²) in [5.41, 5.74) is 1.68. The SMILES string of the molecule is COC(=O)c1cc(Br)cn1Cc1ccccc1. The molecule has 1 heterocycles. The second kappa shape index (κ2) is 5.19. The molecule has 0 bridgehead atoms. The van der Waals surface area contributed by atoms with E-state index in [9.17, 15) is 4.79 Å². The van der Waals surface area contributed by atoms with Gasteiger partial charge in [0.15, 0.2) is 0 Å². The zero-order valence-corrected chi connectivity index (χ0v) is 11.0. The molecule has 0 unspecified atom stereocenters. The van der Waals surface area contributed by atoms with Crippen molar-refractivity contribution in [3.63, 3.8) is 0 Å². The van der Waals surface area contributed by atoms with Crippen molar-refractivity contribution >= 4 is 21.9 Å². The monoisotopic (exact) mass is 293 g/mol. The van der Waals surface area contributed by atoms with E-state index in [0.717, 1.165) is 10.0 Å². The number of ether oxygens (including phenoxy) is 1. The summed E-state index contributed by atoms with van der Waals surface area (Å²) in [6.45, 7) is 0.650. The summed E-state index contributed by atoms with van der Waals surface area (Å²) in [7, 11) is 1.39. The Balaban J connectivity index is 2.30. The fourth-order valence-electron chi connectivity index (χ4n) is 1.66. The van der Waals surface area contributed by atoms with E-state index in [2.05, 4.69) is 15.9 Å². The van der Waals surface area contributed by atoms with E-state index in [0.29, 0.717) is 12.2 Å². The van der Waals surface area contributed by atoms with Gasteiger partial charge in [-0.3, -0.25) is 0 Å². The van der Waals surface area contributed by atoms with Crippen molar-refractivity contribution in [2.24, 2.45) is 0 Å². The molecule has 0 saturated carbocycles. The van der Waals surface area contributed by atoms with E-state index >= 15 is 0 Å². The van der Waals surface area contributed by atoms with Gasteiger partial charge in [-0.1, -0.05) is 30.3 Å². The van der Waals surface area contributed by atoms with Crippen molar-refractivity contribution < 1.29 is 9.53 Å². The minimum absolute atomic E-state index is 0.327. The van der Waals surface area contributed by atoms with Crippen LogP contribution in [-0.4, -0.2) is 17.6 Å². The van der Waals surface area contributed by atoms with Crippen LogP contribution in [0.5, 0.6) is 0 Å². The molecule has 1 aromatic heterocycles. The highest BCUT2D eigenvalue weighted by molar-refractivity contribution is 9.10. The number of benzene rings is 1. The highest BCUT2D eigenvalue weighted by Crippen LogP contribution is 2.17. The van der Waals surface area contributed by atoms with Gasteiger partial charge < -0.3 is 9.30 Å².